The quantitative estimate of drug-likeness (QED) is 0.367. The topological polar surface area (TPSA) is 20.2 Å². The molecule has 33 heavy (non-hydrogen) atoms. The van der Waals surface area contributed by atoms with Gasteiger partial charge in [0.15, 0.2) is 0 Å². The fourth-order valence-corrected chi connectivity index (χ4v) is 7.82. The van der Waals surface area contributed by atoms with Crippen LogP contribution in [-0.4, -0.2) is 24.1 Å². The highest BCUT2D eigenvalue weighted by Crippen LogP contribution is 2.67. The summed E-state index contributed by atoms with van der Waals surface area (Å²) in [6, 6.07) is 0. The van der Waals surface area contributed by atoms with E-state index in [1.165, 1.54) is 12.8 Å². The standard InChI is InChI=1S/C22H37F3O.C2H6.CH3F3S/c1-4-11-20(2)16(14-22(23,24)25)5-7-17-18-8-6-15(10-13-26)21(18,3)12-9-19(17)20;1-2;1-5(2,3)4/h15-19,26H,4-14H2,1-3H3;1-2H3;1H3. The molecule has 200 valence electrons. The van der Waals surface area contributed by atoms with E-state index in [1.807, 2.05) is 13.8 Å². The summed E-state index contributed by atoms with van der Waals surface area (Å²) in [5.41, 5.74) is 0.136. The molecule has 3 saturated carbocycles. The predicted molar refractivity (Wildman–Crippen MR) is 127 cm³/mol. The molecule has 0 aliphatic heterocycles. The van der Waals surface area contributed by atoms with Crippen LogP contribution >= 0.6 is 11.2 Å². The third kappa shape index (κ3) is 7.94. The maximum absolute atomic E-state index is 13.2. The first kappa shape index (κ1) is 30.9. The first-order valence-electron chi connectivity index (χ1n) is 12.7. The van der Waals surface area contributed by atoms with Crippen LogP contribution in [0.3, 0.4) is 0 Å². The highest BCUT2D eigenvalue weighted by Gasteiger charge is 2.59. The van der Waals surface area contributed by atoms with Crippen LogP contribution in [0.2, 0.25) is 0 Å². The van der Waals surface area contributed by atoms with Crippen molar-refractivity contribution >= 4 is 11.2 Å². The van der Waals surface area contributed by atoms with E-state index in [9.17, 15) is 29.9 Å². The van der Waals surface area contributed by atoms with E-state index >= 15 is 0 Å². The van der Waals surface area contributed by atoms with Crippen molar-refractivity contribution in [1.29, 1.82) is 0 Å². The number of hydrogen-bond donors (Lipinski definition) is 1. The third-order valence-electron chi connectivity index (χ3n) is 9.01. The lowest BCUT2D eigenvalue weighted by molar-refractivity contribution is -0.177. The van der Waals surface area contributed by atoms with Crippen LogP contribution in [0.4, 0.5) is 24.8 Å². The second-order valence-electron chi connectivity index (χ2n) is 10.7. The fourth-order valence-electron chi connectivity index (χ4n) is 7.82. The van der Waals surface area contributed by atoms with Gasteiger partial charge in [-0.2, -0.15) is 13.2 Å². The van der Waals surface area contributed by atoms with Crippen LogP contribution in [0.15, 0.2) is 0 Å². The lowest BCUT2D eigenvalue weighted by Crippen LogP contribution is -2.52. The Morgan fingerprint density at radius 1 is 0.909 bits per heavy atom. The van der Waals surface area contributed by atoms with Gasteiger partial charge in [0.05, 0.1) is 0 Å². The van der Waals surface area contributed by atoms with Gasteiger partial charge in [-0.05, 0) is 91.8 Å². The number of aliphatic hydroxyl groups is 1. The first-order valence-corrected chi connectivity index (χ1v) is 14.4. The summed E-state index contributed by atoms with van der Waals surface area (Å²) in [6.45, 7) is 11.0. The lowest BCUT2D eigenvalue weighted by Gasteiger charge is -2.59. The van der Waals surface area contributed by atoms with Gasteiger partial charge in [0.2, 0.25) is 11.2 Å². The molecule has 0 aromatic heterocycles. The molecule has 3 fully saturated rings. The summed E-state index contributed by atoms with van der Waals surface area (Å²) in [6.07, 6.45) is 4.80. The largest absolute Gasteiger partial charge is 0.396 e. The minimum absolute atomic E-state index is 0.163. The fraction of sp³-hybridized carbons (Fsp3) is 1.00. The van der Waals surface area contributed by atoms with Gasteiger partial charge in [-0.15, -0.1) is 11.7 Å². The number of rotatable bonds is 5. The van der Waals surface area contributed by atoms with E-state index in [-0.39, 0.29) is 24.2 Å². The van der Waals surface area contributed by atoms with Gasteiger partial charge in [-0.1, -0.05) is 41.0 Å². The molecular formula is C25H46F6OS. The van der Waals surface area contributed by atoms with E-state index in [1.54, 1.807) is 0 Å². The second-order valence-corrected chi connectivity index (χ2v) is 12.0. The van der Waals surface area contributed by atoms with E-state index in [0.717, 1.165) is 44.9 Å². The highest BCUT2D eigenvalue weighted by atomic mass is 32.3. The first-order chi connectivity index (χ1) is 15.2. The van der Waals surface area contributed by atoms with E-state index in [2.05, 4.69) is 20.8 Å². The van der Waals surface area contributed by atoms with E-state index in [4.69, 9.17) is 0 Å². The van der Waals surface area contributed by atoms with Crippen molar-refractivity contribution in [2.45, 2.75) is 105 Å². The summed E-state index contributed by atoms with van der Waals surface area (Å²) in [7, 11) is 0. The van der Waals surface area contributed by atoms with Crippen molar-refractivity contribution in [2.24, 2.45) is 40.4 Å². The maximum Gasteiger partial charge on any atom is 0.389 e. The van der Waals surface area contributed by atoms with Crippen molar-refractivity contribution in [3.05, 3.63) is 0 Å². The zero-order chi connectivity index (χ0) is 25.7. The Balaban J connectivity index is 0.000000689. The van der Waals surface area contributed by atoms with Gasteiger partial charge in [0.1, 0.15) is 0 Å². The van der Waals surface area contributed by atoms with Crippen molar-refractivity contribution in [1.82, 2.24) is 0 Å². The number of hydrogen-bond acceptors (Lipinski definition) is 1. The minimum atomic E-state index is -4.67. The van der Waals surface area contributed by atoms with Gasteiger partial charge in [0, 0.05) is 19.3 Å². The second kappa shape index (κ2) is 12.2. The number of halogens is 6. The Kier molecular flexibility index (Phi) is 11.5. The summed E-state index contributed by atoms with van der Waals surface area (Å²) >= 11 is -4.67. The van der Waals surface area contributed by atoms with Gasteiger partial charge < -0.3 is 5.11 Å². The Morgan fingerprint density at radius 2 is 1.45 bits per heavy atom. The van der Waals surface area contributed by atoms with Crippen LogP contribution in [0, 0.1) is 40.4 Å². The highest BCUT2D eigenvalue weighted by molar-refractivity contribution is 8.20. The number of aliphatic hydroxyl groups excluding tert-OH is 1. The normalized spacial score (nSPS) is 38.8. The van der Waals surface area contributed by atoms with Crippen molar-refractivity contribution < 1.29 is 29.9 Å². The van der Waals surface area contributed by atoms with Crippen molar-refractivity contribution in [3.8, 4) is 0 Å². The smallest absolute Gasteiger partial charge is 0.389 e. The molecule has 0 bridgehead atoms. The molecule has 3 aliphatic carbocycles. The maximum atomic E-state index is 13.2. The van der Waals surface area contributed by atoms with Gasteiger partial charge >= 0.3 is 6.18 Å². The van der Waals surface area contributed by atoms with Gasteiger partial charge in [0.25, 0.3) is 0 Å². The summed E-state index contributed by atoms with van der Waals surface area (Å²) in [4.78, 5) is 0. The molecule has 3 aliphatic rings. The van der Waals surface area contributed by atoms with Crippen molar-refractivity contribution in [3.63, 3.8) is 0 Å². The SMILES string of the molecule is CC.CCCC1(C)C(CC(F)(F)F)CCC2C3CCC(CCO)C3(C)CCC21.CS(F)(F)F. The predicted octanol–water partition coefficient (Wildman–Crippen LogP) is 9.70. The zero-order valence-corrected chi connectivity index (χ0v) is 22.1. The molecule has 1 N–H and O–H groups in total. The molecule has 0 radical (unpaired) electrons. The Labute approximate surface area is 199 Å². The summed E-state index contributed by atoms with van der Waals surface area (Å²) < 4.78 is 71.0. The molecule has 7 atom stereocenters. The molecule has 7 unspecified atom stereocenters. The molecule has 0 amide bonds. The average Bonchev–Trinajstić information content (AvgIpc) is 3.01. The molecule has 0 saturated heterocycles. The molecule has 0 spiro atoms. The van der Waals surface area contributed by atoms with Crippen LogP contribution in [-0.2, 0) is 0 Å². The molecule has 8 heteroatoms. The van der Waals surface area contributed by atoms with Crippen LogP contribution in [0.5, 0.6) is 0 Å². The molecule has 0 aromatic rings. The monoisotopic (exact) mass is 508 g/mol. The summed E-state index contributed by atoms with van der Waals surface area (Å²) in [5, 5.41) is 9.45. The molecular weight excluding hydrogens is 462 g/mol. The molecule has 3 rings (SSSR count). The third-order valence-corrected chi connectivity index (χ3v) is 9.01. The lowest BCUT2D eigenvalue weighted by atomic mass is 9.46. The number of fused-ring (bicyclic) bond motifs is 3. The molecule has 0 heterocycles. The minimum Gasteiger partial charge on any atom is -0.396 e. The molecule has 1 nitrogen and oxygen atoms in total. The zero-order valence-electron chi connectivity index (χ0n) is 21.3. The van der Waals surface area contributed by atoms with Gasteiger partial charge in [-0.3, -0.25) is 0 Å². The Morgan fingerprint density at radius 3 is 1.94 bits per heavy atom. The van der Waals surface area contributed by atoms with Crippen LogP contribution in [0.1, 0.15) is 98.8 Å². The van der Waals surface area contributed by atoms with Crippen LogP contribution < -0.4 is 0 Å². The van der Waals surface area contributed by atoms with Crippen LogP contribution in [0.25, 0.3) is 0 Å². The summed E-state index contributed by atoms with van der Waals surface area (Å²) in [5.74, 6) is 2.10. The molecule has 0 aromatic carbocycles. The van der Waals surface area contributed by atoms with Crippen molar-refractivity contribution in [2.75, 3.05) is 12.9 Å². The van der Waals surface area contributed by atoms with E-state index < -0.39 is 23.8 Å². The Hall–Kier alpha value is -0.110. The number of alkyl halides is 3. The van der Waals surface area contributed by atoms with Gasteiger partial charge in [-0.25, -0.2) is 0 Å². The average molecular weight is 509 g/mol. The Bertz CT molecular complexity index is 574. The van der Waals surface area contributed by atoms with E-state index in [0.29, 0.717) is 29.1 Å².